The molecule has 0 amide bonds. The van der Waals surface area contributed by atoms with Crippen molar-refractivity contribution < 1.29 is 0 Å². The fraction of sp³-hybridized carbons (Fsp3) is 0.231. The fourth-order valence-corrected chi connectivity index (χ4v) is 1.61. The maximum absolute atomic E-state index is 5.73. The Morgan fingerprint density at radius 1 is 1.00 bits per heavy atom. The van der Waals surface area contributed by atoms with Crippen LogP contribution in [0.2, 0.25) is 0 Å². The van der Waals surface area contributed by atoms with Crippen LogP contribution in [0.4, 0.5) is 5.82 Å². The molecule has 17 heavy (non-hydrogen) atoms. The Kier molecular flexibility index (Phi) is 3.94. The van der Waals surface area contributed by atoms with E-state index in [4.69, 9.17) is 11.6 Å². The molecular formula is C13H14ClN3. The number of aryl methyl sites for hydroxylation is 1. The first-order chi connectivity index (χ1) is 8.28. The zero-order valence-electron chi connectivity index (χ0n) is 9.65. The van der Waals surface area contributed by atoms with Crippen LogP contribution in [0.25, 0.3) is 0 Å². The summed E-state index contributed by atoms with van der Waals surface area (Å²) in [7, 11) is 0. The third-order valence-corrected chi connectivity index (χ3v) is 2.76. The number of halogens is 1. The standard InChI is InChI=1S/C13H14ClN3/c1-10-2-7-13(17-16-10)15-9-12-5-3-11(8-14)4-6-12/h2-7H,8-9H2,1H3,(H,15,17). The first kappa shape index (κ1) is 11.9. The SMILES string of the molecule is Cc1ccc(NCc2ccc(CCl)cc2)nn1. The van der Waals surface area contributed by atoms with Crippen molar-refractivity contribution in [2.24, 2.45) is 0 Å². The summed E-state index contributed by atoms with van der Waals surface area (Å²) in [6, 6.07) is 12.1. The van der Waals surface area contributed by atoms with Crippen LogP contribution in [0.3, 0.4) is 0 Å². The predicted octanol–water partition coefficient (Wildman–Crippen LogP) is 3.14. The van der Waals surface area contributed by atoms with Gasteiger partial charge in [-0.15, -0.1) is 16.7 Å². The van der Waals surface area contributed by atoms with Crippen molar-refractivity contribution in [3.8, 4) is 0 Å². The van der Waals surface area contributed by atoms with Gasteiger partial charge in [0.2, 0.25) is 0 Å². The maximum Gasteiger partial charge on any atom is 0.148 e. The Hall–Kier alpha value is -1.61. The number of hydrogen-bond acceptors (Lipinski definition) is 3. The topological polar surface area (TPSA) is 37.8 Å². The van der Waals surface area contributed by atoms with Gasteiger partial charge in [0.25, 0.3) is 0 Å². The Balaban J connectivity index is 1.95. The van der Waals surface area contributed by atoms with E-state index >= 15 is 0 Å². The molecule has 4 heteroatoms. The minimum Gasteiger partial charge on any atom is -0.365 e. The van der Waals surface area contributed by atoms with Gasteiger partial charge in [-0.25, -0.2) is 0 Å². The van der Waals surface area contributed by atoms with Crippen molar-refractivity contribution in [3.63, 3.8) is 0 Å². The van der Waals surface area contributed by atoms with Crippen LogP contribution in [0.15, 0.2) is 36.4 Å². The molecule has 3 nitrogen and oxygen atoms in total. The van der Waals surface area contributed by atoms with Crippen molar-refractivity contribution in [1.82, 2.24) is 10.2 Å². The van der Waals surface area contributed by atoms with Gasteiger partial charge >= 0.3 is 0 Å². The summed E-state index contributed by atoms with van der Waals surface area (Å²) >= 11 is 5.73. The van der Waals surface area contributed by atoms with Gasteiger partial charge in [0.1, 0.15) is 5.82 Å². The van der Waals surface area contributed by atoms with Crippen LogP contribution in [-0.4, -0.2) is 10.2 Å². The van der Waals surface area contributed by atoms with E-state index in [1.165, 1.54) is 5.56 Å². The Morgan fingerprint density at radius 2 is 1.71 bits per heavy atom. The molecule has 0 aliphatic heterocycles. The van der Waals surface area contributed by atoms with Crippen LogP contribution in [0.1, 0.15) is 16.8 Å². The molecular weight excluding hydrogens is 234 g/mol. The number of rotatable bonds is 4. The van der Waals surface area contributed by atoms with E-state index in [0.29, 0.717) is 5.88 Å². The molecule has 0 fully saturated rings. The molecule has 0 spiro atoms. The molecule has 1 aromatic carbocycles. The summed E-state index contributed by atoms with van der Waals surface area (Å²) in [6.07, 6.45) is 0. The van der Waals surface area contributed by atoms with Crippen molar-refractivity contribution >= 4 is 17.4 Å². The summed E-state index contributed by atoms with van der Waals surface area (Å²) in [6.45, 7) is 2.65. The number of nitrogens with one attached hydrogen (secondary N) is 1. The maximum atomic E-state index is 5.73. The number of alkyl halides is 1. The smallest absolute Gasteiger partial charge is 0.148 e. The lowest BCUT2D eigenvalue weighted by Gasteiger charge is -2.05. The summed E-state index contributed by atoms with van der Waals surface area (Å²) in [5.74, 6) is 1.34. The van der Waals surface area contributed by atoms with E-state index in [1.807, 2.05) is 31.2 Å². The largest absolute Gasteiger partial charge is 0.365 e. The molecule has 0 saturated carbocycles. The first-order valence-corrected chi connectivity index (χ1v) is 5.99. The molecule has 0 unspecified atom stereocenters. The Labute approximate surface area is 106 Å². The number of aromatic nitrogens is 2. The second-order valence-corrected chi connectivity index (χ2v) is 4.13. The first-order valence-electron chi connectivity index (χ1n) is 5.46. The van der Waals surface area contributed by atoms with Crippen molar-refractivity contribution in [3.05, 3.63) is 53.2 Å². The monoisotopic (exact) mass is 247 g/mol. The second kappa shape index (κ2) is 5.64. The van der Waals surface area contributed by atoms with Gasteiger partial charge in [-0.05, 0) is 30.2 Å². The third-order valence-electron chi connectivity index (χ3n) is 2.45. The molecule has 1 aromatic heterocycles. The zero-order valence-corrected chi connectivity index (χ0v) is 10.4. The minimum atomic E-state index is 0.553. The number of anilines is 1. The fourth-order valence-electron chi connectivity index (χ4n) is 1.43. The quantitative estimate of drug-likeness (QED) is 0.844. The molecule has 88 valence electrons. The van der Waals surface area contributed by atoms with Crippen LogP contribution in [-0.2, 0) is 12.4 Å². The summed E-state index contributed by atoms with van der Waals surface area (Å²) in [5, 5.41) is 11.3. The third kappa shape index (κ3) is 3.43. The van der Waals surface area contributed by atoms with E-state index in [2.05, 4.69) is 27.6 Å². The zero-order chi connectivity index (χ0) is 12.1. The second-order valence-electron chi connectivity index (χ2n) is 3.86. The van der Waals surface area contributed by atoms with Gasteiger partial charge in [-0.1, -0.05) is 24.3 Å². The van der Waals surface area contributed by atoms with E-state index < -0.39 is 0 Å². The van der Waals surface area contributed by atoms with Gasteiger partial charge in [-0.2, -0.15) is 5.10 Å². The molecule has 2 aromatic rings. The van der Waals surface area contributed by atoms with Crippen LogP contribution in [0.5, 0.6) is 0 Å². The van der Waals surface area contributed by atoms with Gasteiger partial charge in [-0.3, -0.25) is 0 Å². The van der Waals surface area contributed by atoms with Crippen LogP contribution < -0.4 is 5.32 Å². The van der Waals surface area contributed by atoms with Gasteiger partial charge in [0, 0.05) is 12.4 Å². The molecule has 0 saturated heterocycles. The summed E-state index contributed by atoms with van der Waals surface area (Å²) in [4.78, 5) is 0. The van der Waals surface area contributed by atoms with E-state index in [-0.39, 0.29) is 0 Å². The van der Waals surface area contributed by atoms with E-state index in [1.54, 1.807) is 0 Å². The minimum absolute atomic E-state index is 0.553. The lowest BCUT2D eigenvalue weighted by Crippen LogP contribution is -2.02. The summed E-state index contributed by atoms with van der Waals surface area (Å²) < 4.78 is 0. The van der Waals surface area contributed by atoms with Gasteiger partial charge in [0.15, 0.2) is 0 Å². The Bertz CT molecular complexity index is 465. The molecule has 0 aliphatic rings. The van der Waals surface area contributed by atoms with Gasteiger partial charge in [0.05, 0.1) is 5.69 Å². The van der Waals surface area contributed by atoms with Crippen molar-refractivity contribution in [2.75, 3.05) is 5.32 Å². The molecule has 0 atom stereocenters. The highest BCUT2D eigenvalue weighted by Gasteiger charge is 1.96. The van der Waals surface area contributed by atoms with Crippen molar-refractivity contribution in [1.29, 1.82) is 0 Å². The summed E-state index contributed by atoms with van der Waals surface area (Å²) in [5.41, 5.74) is 3.24. The molecule has 1 N–H and O–H groups in total. The average Bonchev–Trinajstić information content (AvgIpc) is 2.39. The molecule has 0 radical (unpaired) electrons. The molecule has 0 bridgehead atoms. The number of benzene rings is 1. The van der Waals surface area contributed by atoms with E-state index in [0.717, 1.165) is 23.6 Å². The molecule has 1 heterocycles. The molecule has 2 rings (SSSR count). The van der Waals surface area contributed by atoms with Gasteiger partial charge < -0.3 is 5.32 Å². The predicted molar refractivity (Wildman–Crippen MR) is 70.1 cm³/mol. The number of hydrogen-bond donors (Lipinski definition) is 1. The highest BCUT2D eigenvalue weighted by Crippen LogP contribution is 2.09. The van der Waals surface area contributed by atoms with Crippen LogP contribution >= 0.6 is 11.6 Å². The lowest BCUT2D eigenvalue weighted by atomic mass is 10.1. The van der Waals surface area contributed by atoms with E-state index in [9.17, 15) is 0 Å². The lowest BCUT2D eigenvalue weighted by molar-refractivity contribution is 0.963. The number of nitrogens with zero attached hydrogens (tertiary/aromatic N) is 2. The highest BCUT2D eigenvalue weighted by atomic mass is 35.5. The highest BCUT2D eigenvalue weighted by molar-refractivity contribution is 6.17. The van der Waals surface area contributed by atoms with Crippen LogP contribution in [0, 0.1) is 6.92 Å². The van der Waals surface area contributed by atoms with Crippen molar-refractivity contribution in [2.45, 2.75) is 19.3 Å². The Morgan fingerprint density at radius 3 is 2.29 bits per heavy atom. The molecule has 0 aliphatic carbocycles. The average molecular weight is 248 g/mol. The normalized spacial score (nSPS) is 10.2.